The summed E-state index contributed by atoms with van der Waals surface area (Å²) in [5.74, 6) is 0. The summed E-state index contributed by atoms with van der Waals surface area (Å²) in [6, 6.07) is 11.8. The summed E-state index contributed by atoms with van der Waals surface area (Å²) in [5, 5.41) is 4.66. The predicted molar refractivity (Wildman–Crippen MR) is 136 cm³/mol. The van der Waals surface area contributed by atoms with Crippen LogP contribution in [0.1, 0.15) is 49.9 Å². The van der Waals surface area contributed by atoms with E-state index in [2.05, 4.69) is 10.1 Å². The summed E-state index contributed by atoms with van der Waals surface area (Å²) >= 11 is 0. The zero-order valence-electron chi connectivity index (χ0n) is 20.9. The summed E-state index contributed by atoms with van der Waals surface area (Å²) < 4.78 is 13.2. The molecule has 8 heteroatoms. The second-order valence-corrected chi connectivity index (χ2v) is 9.94. The first-order valence-electron chi connectivity index (χ1n) is 12.6. The highest BCUT2D eigenvalue weighted by atomic mass is 16.6. The van der Waals surface area contributed by atoms with Gasteiger partial charge in [0.1, 0.15) is 11.9 Å². The maximum absolute atomic E-state index is 12.7. The van der Waals surface area contributed by atoms with Crippen molar-refractivity contribution in [3.8, 4) is 0 Å². The molecule has 1 saturated carbocycles. The Balaban J connectivity index is 1.45. The van der Waals surface area contributed by atoms with Crippen molar-refractivity contribution in [1.82, 2.24) is 19.5 Å². The molecule has 1 aliphatic heterocycles. The Morgan fingerprint density at radius 1 is 1.22 bits per heavy atom. The Bertz CT molecular complexity index is 1280. The van der Waals surface area contributed by atoms with E-state index in [4.69, 9.17) is 9.47 Å². The minimum atomic E-state index is -0.914. The fourth-order valence-electron chi connectivity index (χ4n) is 4.72. The third-order valence-electron chi connectivity index (χ3n) is 7.16. The summed E-state index contributed by atoms with van der Waals surface area (Å²) in [6.07, 6.45) is 9.34. The first-order chi connectivity index (χ1) is 17.5. The molecule has 188 valence electrons. The SMILES string of the molecule is CCOCC(C=O)(Cc1ccccc1)c1ccnc2c(C3=CCN(C(=O)OC4(C)CC4)CC3)cnn12. The lowest BCUT2D eigenvalue weighted by atomic mass is 9.80. The Morgan fingerprint density at radius 2 is 2.03 bits per heavy atom. The van der Waals surface area contributed by atoms with E-state index in [1.165, 1.54) is 0 Å². The maximum atomic E-state index is 12.7. The van der Waals surface area contributed by atoms with Crippen LogP contribution in [0.3, 0.4) is 0 Å². The van der Waals surface area contributed by atoms with Gasteiger partial charge in [-0.3, -0.25) is 0 Å². The first kappa shape index (κ1) is 24.2. The highest BCUT2D eigenvalue weighted by molar-refractivity contribution is 5.79. The number of hydrogen-bond donors (Lipinski definition) is 0. The molecule has 0 spiro atoms. The molecule has 1 aromatic carbocycles. The van der Waals surface area contributed by atoms with Gasteiger partial charge in [-0.25, -0.2) is 14.3 Å². The van der Waals surface area contributed by atoms with Gasteiger partial charge in [-0.05, 0) is 56.7 Å². The van der Waals surface area contributed by atoms with E-state index < -0.39 is 5.41 Å². The average Bonchev–Trinajstić information content (AvgIpc) is 3.47. The minimum Gasteiger partial charge on any atom is -0.443 e. The summed E-state index contributed by atoms with van der Waals surface area (Å²) in [4.78, 5) is 31.5. The molecule has 3 aromatic rings. The zero-order valence-corrected chi connectivity index (χ0v) is 20.9. The van der Waals surface area contributed by atoms with Crippen LogP contribution in [0, 0.1) is 0 Å². The van der Waals surface area contributed by atoms with E-state index in [0.717, 1.165) is 41.5 Å². The predicted octanol–water partition coefficient (Wildman–Crippen LogP) is 4.22. The standard InChI is InChI=1S/C28H32N4O4/c1-3-35-20-28(19-33,17-21-7-5-4-6-8-21)24-9-14-29-25-23(18-30-32(24)25)22-10-15-31(16-11-22)26(34)36-27(2)12-13-27/h4-10,14,18-19H,3,11-13,15-17,20H2,1-2H3. The number of fused-ring (bicyclic) bond motifs is 1. The molecule has 1 unspecified atom stereocenters. The van der Waals surface area contributed by atoms with Crippen LogP contribution < -0.4 is 0 Å². The first-order valence-corrected chi connectivity index (χ1v) is 12.6. The number of aldehydes is 1. The van der Waals surface area contributed by atoms with Gasteiger partial charge in [0.25, 0.3) is 0 Å². The molecule has 1 atom stereocenters. The van der Waals surface area contributed by atoms with Gasteiger partial charge in [0.05, 0.1) is 23.9 Å². The highest BCUT2D eigenvalue weighted by Gasteiger charge is 2.43. The number of rotatable bonds is 9. The lowest BCUT2D eigenvalue weighted by molar-refractivity contribution is -0.115. The third kappa shape index (κ3) is 4.78. The molecule has 1 amide bonds. The third-order valence-corrected chi connectivity index (χ3v) is 7.16. The van der Waals surface area contributed by atoms with Crippen LogP contribution in [0.25, 0.3) is 11.2 Å². The Hall–Kier alpha value is -3.52. The molecule has 36 heavy (non-hydrogen) atoms. The van der Waals surface area contributed by atoms with Gasteiger partial charge >= 0.3 is 6.09 Å². The van der Waals surface area contributed by atoms with E-state index in [1.807, 2.05) is 56.3 Å². The number of carbonyl (C=O) groups excluding carboxylic acids is 2. The van der Waals surface area contributed by atoms with Crippen molar-refractivity contribution >= 4 is 23.6 Å². The normalized spacial score (nSPS) is 18.4. The fraction of sp³-hybridized carbons (Fsp3) is 0.429. The monoisotopic (exact) mass is 488 g/mol. The fourth-order valence-corrected chi connectivity index (χ4v) is 4.72. The molecular formula is C28H32N4O4. The van der Waals surface area contributed by atoms with Crippen LogP contribution in [0.2, 0.25) is 0 Å². The summed E-state index contributed by atoms with van der Waals surface area (Å²) in [5.41, 5.74) is 3.28. The van der Waals surface area contributed by atoms with Gasteiger partial charge in [-0.2, -0.15) is 5.10 Å². The Morgan fingerprint density at radius 3 is 2.69 bits per heavy atom. The summed E-state index contributed by atoms with van der Waals surface area (Å²) in [7, 11) is 0. The minimum absolute atomic E-state index is 0.245. The molecule has 0 bridgehead atoms. The van der Waals surface area contributed by atoms with E-state index in [-0.39, 0.29) is 18.3 Å². The number of aromatic nitrogens is 3. The van der Waals surface area contributed by atoms with Crippen molar-refractivity contribution in [2.45, 2.75) is 50.5 Å². The van der Waals surface area contributed by atoms with Crippen molar-refractivity contribution in [1.29, 1.82) is 0 Å². The highest BCUT2D eigenvalue weighted by Crippen LogP contribution is 2.39. The maximum Gasteiger partial charge on any atom is 0.410 e. The van der Waals surface area contributed by atoms with E-state index in [1.54, 1.807) is 21.8 Å². The summed E-state index contributed by atoms with van der Waals surface area (Å²) in [6.45, 7) is 5.71. The number of hydrogen-bond acceptors (Lipinski definition) is 6. The van der Waals surface area contributed by atoms with Crippen molar-refractivity contribution in [3.05, 3.63) is 71.7 Å². The van der Waals surface area contributed by atoms with Gasteiger partial charge < -0.3 is 19.2 Å². The number of benzene rings is 1. The van der Waals surface area contributed by atoms with Gasteiger partial charge in [-0.1, -0.05) is 36.4 Å². The van der Waals surface area contributed by atoms with Crippen molar-refractivity contribution in [2.24, 2.45) is 0 Å². The van der Waals surface area contributed by atoms with Crippen molar-refractivity contribution < 1.29 is 19.1 Å². The molecule has 5 rings (SSSR count). The zero-order chi connectivity index (χ0) is 25.2. The van der Waals surface area contributed by atoms with Crippen LogP contribution in [-0.4, -0.2) is 63.8 Å². The molecule has 1 aliphatic carbocycles. The van der Waals surface area contributed by atoms with Gasteiger partial charge in [0.15, 0.2) is 5.65 Å². The quantitative estimate of drug-likeness (QED) is 0.419. The van der Waals surface area contributed by atoms with Crippen LogP contribution in [0.4, 0.5) is 4.79 Å². The molecule has 0 N–H and O–H groups in total. The topological polar surface area (TPSA) is 86.0 Å². The molecule has 1 fully saturated rings. The second kappa shape index (κ2) is 9.85. The Kier molecular flexibility index (Phi) is 6.62. The molecule has 2 aromatic heterocycles. The molecule has 0 saturated heterocycles. The number of nitrogens with zero attached hydrogens (tertiary/aromatic N) is 4. The number of ether oxygens (including phenoxy) is 2. The molecule has 3 heterocycles. The molecule has 2 aliphatic rings. The lowest BCUT2D eigenvalue weighted by Crippen LogP contribution is -2.38. The van der Waals surface area contributed by atoms with E-state index >= 15 is 0 Å². The molecule has 0 radical (unpaired) electrons. The Labute approximate surface area is 210 Å². The molecule has 8 nitrogen and oxygen atoms in total. The van der Waals surface area contributed by atoms with Crippen molar-refractivity contribution in [3.63, 3.8) is 0 Å². The van der Waals surface area contributed by atoms with Gasteiger partial charge in [0.2, 0.25) is 0 Å². The van der Waals surface area contributed by atoms with Crippen LogP contribution >= 0.6 is 0 Å². The smallest absolute Gasteiger partial charge is 0.410 e. The van der Waals surface area contributed by atoms with Gasteiger partial charge in [-0.15, -0.1) is 0 Å². The van der Waals surface area contributed by atoms with Crippen LogP contribution in [-0.2, 0) is 26.1 Å². The lowest BCUT2D eigenvalue weighted by Gasteiger charge is -2.29. The van der Waals surface area contributed by atoms with E-state index in [0.29, 0.717) is 38.2 Å². The average molecular weight is 489 g/mol. The van der Waals surface area contributed by atoms with Crippen LogP contribution in [0.5, 0.6) is 0 Å². The second-order valence-electron chi connectivity index (χ2n) is 9.94. The molecular weight excluding hydrogens is 456 g/mol. The van der Waals surface area contributed by atoms with Crippen molar-refractivity contribution in [2.75, 3.05) is 26.3 Å². The number of amides is 1. The van der Waals surface area contributed by atoms with Gasteiger partial charge in [0, 0.05) is 31.5 Å². The largest absolute Gasteiger partial charge is 0.443 e. The number of carbonyl (C=O) groups is 2. The van der Waals surface area contributed by atoms with Crippen LogP contribution in [0.15, 0.2) is 54.9 Å². The van der Waals surface area contributed by atoms with E-state index in [9.17, 15) is 9.59 Å².